The Kier molecular flexibility index (Phi) is 5.88. The highest BCUT2D eigenvalue weighted by atomic mass is 19.1. The van der Waals surface area contributed by atoms with E-state index in [4.69, 9.17) is 5.73 Å². The van der Waals surface area contributed by atoms with Gasteiger partial charge in [0, 0.05) is 29.9 Å². The van der Waals surface area contributed by atoms with E-state index < -0.39 is 5.91 Å². The summed E-state index contributed by atoms with van der Waals surface area (Å²) < 4.78 is 13.1. The quantitative estimate of drug-likeness (QED) is 0.661. The van der Waals surface area contributed by atoms with Crippen molar-refractivity contribution in [2.75, 3.05) is 23.3 Å². The van der Waals surface area contributed by atoms with Crippen molar-refractivity contribution in [3.05, 3.63) is 72.0 Å². The van der Waals surface area contributed by atoms with Gasteiger partial charge in [-0.15, -0.1) is 10.2 Å². The van der Waals surface area contributed by atoms with Crippen LogP contribution in [0.4, 0.5) is 15.9 Å². The maximum absolute atomic E-state index is 13.1. The van der Waals surface area contributed by atoms with Gasteiger partial charge in [-0.1, -0.05) is 0 Å². The normalized spacial score (nSPS) is 16.0. The molecular formula is C23H22FN5O2. The lowest BCUT2D eigenvalue weighted by Crippen LogP contribution is -2.41. The van der Waals surface area contributed by atoms with Crippen LogP contribution in [-0.2, 0) is 4.79 Å². The Morgan fingerprint density at radius 1 is 1.00 bits per heavy atom. The number of anilines is 2. The molecule has 1 aliphatic rings. The van der Waals surface area contributed by atoms with E-state index in [1.165, 1.54) is 12.1 Å². The molecule has 3 N–H and O–H groups in total. The average molecular weight is 419 g/mol. The fourth-order valence-corrected chi connectivity index (χ4v) is 3.63. The molecule has 1 aromatic heterocycles. The number of piperidine rings is 1. The molecule has 0 unspecified atom stereocenters. The number of halogens is 1. The molecule has 158 valence electrons. The smallest absolute Gasteiger partial charge is 0.248 e. The van der Waals surface area contributed by atoms with Crippen molar-refractivity contribution in [2.45, 2.75) is 12.8 Å². The summed E-state index contributed by atoms with van der Waals surface area (Å²) in [5.74, 6) is -0.369. The Hall–Kier alpha value is -3.81. The third kappa shape index (κ3) is 4.85. The summed E-state index contributed by atoms with van der Waals surface area (Å²) in [4.78, 5) is 26.0. The van der Waals surface area contributed by atoms with Crippen molar-refractivity contribution in [3.8, 4) is 11.3 Å². The predicted octanol–water partition coefficient (Wildman–Crippen LogP) is 3.24. The third-order valence-corrected chi connectivity index (χ3v) is 5.34. The lowest BCUT2D eigenvalue weighted by atomic mass is 9.97. The highest BCUT2D eigenvalue weighted by molar-refractivity contribution is 5.95. The zero-order valence-electron chi connectivity index (χ0n) is 16.8. The average Bonchev–Trinajstić information content (AvgIpc) is 2.80. The molecule has 2 amide bonds. The molecule has 1 aliphatic heterocycles. The summed E-state index contributed by atoms with van der Waals surface area (Å²) in [6.45, 7) is 1.33. The van der Waals surface area contributed by atoms with Crippen molar-refractivity contribution in [2.24, 2.45) is 11.7 Å². The molecule has 2 heterocycles. The molecule has 2 aromatic carbocycles. The molecule has 0 bridgehead atoms. The third-order valence-electron chi connectivity index (χ3n) is 5.34. The molecule has 1 saturated heterocycles. The molecule has 4 rings (SSSR count). The van der Waals surface area contributed by atoms with E-state index in [0.29, 0.717) is 29.3 Å². The summed E-state index contributed by atoms with van der Waals surface area (Å²) >= 11 is 0. The van der Waals surface area contributed by atoms with Gasteiger partial charge in [0.2, 0.25) is 11.8 Å². The Morgan fingerprint density at radius 3 is 2.39 bits per heavy atom. The van der Waals surface area contributed by atoms with Crippen LogP contribution >= 0.6 is 0 Å². The minimum absolute atomic E-state index is 0.0765. The molecule has 0 spiro atoms. The number of benzene rings is 2. The van der Waals surface area contributed by atoms with E-state index in [1.807, 2.05) is 17.0 Å². The number of rotatable bonds is 5. The molecule has 1 atom stereocenters. The minimum Gasteiger partial charge on any atom is -0.366 e. The summed E-state index contributed by atoms with van der Waals surface area (Å²) in [5, 5.41) is 11.5. The number of aromatic nitrogens is 2. The maximum Gasteiger partial charge on any atom is 0.248 e. The fraction of sp³-hybridized carbons (Fsp3) is 0.217. The molecule has 0 radical (unpaired) electrons. The monoisotopic (exact) mass is 419 g/mol. The number of hydrogen-bond acceptors (Lipinski definition) is 5. The number of carbonyl (C=O) groups is 2. The first kappa shape index (κ1) is 20.5. The molecule has 3 aromatic rings. The van der Waals surface area contributed by atoms with Crippen LogP contribution in [0.2, 0.25) is 0 Å². The van der Waals surface area contributed by atoms with Gasteiger partial charge in [-0.25, -0.2) is 4.39 Å². The molecule has 0 saturated carbocycles. The van der Waals surface area contributed by atoms with Crippen molar-refractivity contribution in [3.63, 3.8) is 0 Å². The first-order valence-electron chi connectivity index (χ1n) is 10.0. The Labute approximate surface area is 179 Å². The van der Waals surface area contributed by atoms with E-state index in [0.717, 1.165) is 24.9 Å². The van der Waals surface area contributed by atoms with Crippen LogP contribution in [0.3, 0.4) is 0 Å². The van der Waals surface area contributed by atoms with Crippen molar-refractivity contribution in [1.82, 2.24) is 10.2 Å². The Morgan fingerprint density at radius 2 is 1.74 bits per heavy atom. The van der Waals surface area contributed by atoms with Crippen LogP contribution in [0.1, 0.15) is 23.2 Å². The second-order valence-electron chi connectivity index (χ2n) is 7.50. The largest absolute Gasteiger partial charge is 0.366 e. The molecular weight excluding hydrogens is 397 g/mol. The topological polar surface area (TPSA) is 101 Å². The lowest BCUT2D eigenvalue weighted by Gasteiger charge is -2.32. The first-order chi connectivity index (χ1) is 15.0. The second kappa shape index (κ2) is 8.91. The predicted molar refractivity (Wildman–Crippen MR) is 116 cm³/mol. The van der Waals surface area contributed by atoms with Crippen LogP contribution in [-0.4, -0.2) is 35.1 Å². The Balaban J connectivity index is 1.40. The molecule has 1 fully saturated rings. The zero-order chi connectivity index (χ0) is 21.8. The molecule has 0 aliphatic carbocycles. The van der Waals surface area contributed by atoms with Gasteiger partial charge in [0.25, 0.3) is 0 Å². The SMILES string of the molecule is NC(=O)c1ccc(NC(=O)[C@@H]2CCCN(c3ccc(-c4ccc(F)cc4)nn3)C2)cc1. The van der Waals surface area contributed by atoms with Crippen molar-refractivity contribution < 1.29 is 14.0 Å². The maximum atomic E-state index is 13.1. The molecule has 7 nitrogen and oxygen atoms in total. The van der Waals surface area contributed by atoms with E-state index in [1.54, 1.807) is 36.4 Å². The number of hydrogen-bond donors (Lipinski definition) is 2. The van der Waals surface area contributed by atoms with E-state index in [-0.39, 0.29) is 17.6 Å². The van der Waals surface area contributed by atoms with Crippen LogP contribution in [0.15, 0.2) is 60.7 Å². The highest BCUT2D eigenvalue weighted by Crippen LogP contribution is 2.24. The van der Waals surface area contributed by atoms with Crippen LogP contribution in [0.5, 0.6) is 0 Å². The number of carbonyl (C=O) groups excluding carboxylic acids is 2. The van der Waals surface area contributed by atoms with Gasteiger partial charge in [-0.3, -0.25) is 9.59 Å². The van der Waals surface area contributed by atoms with Gasteiger partial charge in [0.15, 0.2) is 5.82 Å². The van der Waals surface area contributed by atoms with Gasteiger partial charge >= 0.3 is 0 Å². The van der Waals surface area contributed by atoms with E-state index >= 15 is 0 Å². The fourth-order valence-electron chi connectivity index (χ4n) is 3.63. The summed E-state index contributed by atoms with van der Waals surface area (Å²) in [5.41, 5.74) is 7.71. The van der Waals surface area contributed by atoms with Crippen LogP contribution in [0.25, 0.3) is 11.3 Å². The number of primary amides is 1. The standard InChI is InChI=1S/C23H22FN5O2/c24-18-7-3-15(4-8-18)20-11-12-21(28-27-20)29-13-1-2-17(14-29)23(31)26-19-9-5-16(6-10-19)22(25)30/h3-12,17H,1-2,13-14H2,(H2,25,30)(H,26,31)/t17-/m1/s1. The Bertz CT molecular complexity index is 1070. The summed E-state index contributed by atoms with van der Waals surface area (Å²) in [7, 11) is 0. The molecule has 31 heavy (non-hydrogen) atoms. The number of amides is 2. The zero-order valence-corrected chi connectivity index (χ0v) is 16.8. The van der Waals surface area contributed by atoms with Crippen molar-refractivity contribution >= 4 is 23.3 Å². The first-order valence-corrected chi connectivity index (χ1v) is 10.0. The van der Waals surface area contributed by atoms with Gasteiger partial charge in [0.05, 0.1) is 11.6 Å². The highest BCUT2D eigenvalue weighted by Gasteiger charge is 2.27. The lowest BCUT2D eigenvalue weighted by molar-refractivity contribution is -0.120. The van der Waals surface area contributed by atoms with Gasteiger partial charge in [0.1, 0.15) is 5.82 Å². The van der Waals surface area contributed by atoms with Gasteiger partial charge < -0.3 is 16.0 Å². The number of nitrogens with zero attached hydrogens (tertiary/aromatic N) is 3. The van der Waals surface area contributed by atoms with Gasteiger partial charge in [-0.05, 0) is 73.5 Å². The van der Waals surface area contributed by atoms with Crippen LogP contribution < -0.4 is 16.0 Å². The summed E-state index contributed by atoms with van der Waals surface area (Å²) in [6.07, 6.45) is 1.64. The van der Waals surface area contributed by atoms with Crippen molar-refractivity contribution in [1.29, 1.82) is 0 Å². The van der Waals surface area contributed by atoms with Gasteiger partial charge in [-0.2, -0.15) is 0 Å². The van der Waals surface area contributed by atoms with E-state index in [2.05, 4.69) is 15.5 Å². The van der Waals surface area contributed by atoms with Crippen LogP contribution in [0, 0.1) is 11.7 Å². The number of nitrogens with one attached hydrogen (secondary N) is 1. The second-order valence-corrected chi connectivity index (χ2v) is 7.50. The summed E-state index contributed by atoms with van der Waals surface area (Å²) in [6, 6.07) is 16.3. The molecule has 8 heteroatoms. The minimum atomic E-state index is -0.507. The van der Waals surface area contributed by atoms with E-state index in [9.17, 15) is 14.0 Å². The number of nitrogens with two attached hydrogens (primary N) is 1.